The molecule has 0 unspecified atom stereocenters. The van der Waals surface area contributed by atoms with Crippen molar-refractivity contribution >= 4 is 35.5 Å². The number of halogens is 4. The van der Waals surface area contributed by atoms with Crippen LogP contribution in [-0.4, -0.2) is 74.3 Å². The number of cyclic esters (lactones) is 1. The van der Waals surface area contributed by atoms with E-state index in [1.165, 1.54) is 6.92 Å². The van der Waals surface area contributed by atoms with Crippen LogP contribution in [0, 0.1) is 17.0 Å². The van der Waals surface area contributed by atoms with Crippen LogP contribution in [0.25, 0.3) is 0 Å². The van der Waals surface area contributed by atoms with Gasteiger partial charge in [-0.3, -0.25) is 14.5 Å². The van der Waals surface area contributed by atoms with E-state index in [-0.39, 0.29) is 44.3 Å². The number of hydrogen-bond donors (Lipinski definition) is 3. The van der Waals surface area contributed by atoms with Crippen LogP contribution in [0.2, 0.25) is 0 Å². The van der Waals surface area contributed by atoms with Gasteiger partial charge in [0.05, 0.1) is 25.3 Å². The van der Waals surface area contributed by atoms with Crippen molar-refractivity contribution in [2.45, 2.75) is 19.5 Å². The molecule has 9 nitrogen and oxygen atoms in total. The van der Waals surface area contributed by atoms with E-state index in [9.17, 15) is 31.9 Å². The molecule has 2 rings (SSSR count). The molecule has 3 amide bonds. The van der Waals surface area contributed by atoms with Gasteiger partial charge >= 0.3 is 12.5 Å². The molecule has 0 spiro atoms. The number of carbonyl (C=O) groups is 3. The minimum Gasteiger partial charge on any atom is -0.442 e. The van der Waals surface area contributed by atoms with Crippen molar-refractivity contribution in [1.29, 1.82) is 5.41 Å². The first kappa shape index (κ1) is 23.9. The number of nitrogens with zero attached hydrogens (tertiary/aromatic N) is 2. The van der Waals surface area contributed by atoms with Crippen molar-refractivity contribution in [3.8, 4) is 0 Å². The average Bonchev–Trinajstić information content (AvgIpc) is 3.07. The van der Waals surface area contributed by atoms with Crippen molar-refractivity contribution in [3.63, 3.8) is 0 Å². The van der Waals surface area contributed by atoms with Gasteiger partial charge in [-0.1, -0.05) is 0 Å². The Bertz CT molecular complexity index is 831. The SMILES string of the molecule is CC(=O)NC[C@H]1CN(c2cc(F)c(NCCN(CC=N)C(=O)C(F)F)c(F)c2)C(=O)O1. The lowest BCUT2D eigenvalue weighted by Gasteiger charge is -2.21. The molecule has 1 fully saturated rings. The van der Waals surface area contributed by atoms with Crippen molar-refractivity contribution in [2.75, 3.05) is 42.9 Å². The number of ether oxygens (including phenoxy) is 1. The van der Waals surface area contributed by atoms with Gasteiger partial charge in [0, 0.05) is 38.4 Å². The number of anilines is 2. The number of carbonyl (C=O) groups excluding carboxylic acids is 3. The molecule has 0 saturated carbocycles. The van der Waals surface area contributed by atoms with Crippen molar-refractivity contribution in [3.05, 3.63) is 23.8 Å². The molecule has 0 radical (unpaired) electrons. The molecule has 1 aliphatic heterocycles. The zero-order chi connectivity index (χ0) is 23.1. The number of rotatable bonds is 10. The van der Waals surface area contributed by atoms with E-state index in [0.717, 1.165) is 23.2 Å². The van der Waals surface area contributed by atoms with Crippen LogP contribution < -0.4 is 15.5 Å². The second-order valence-corrected chi connectivity index (χ2v) is 6.55. The zero-order valence-corrected chi connectivity index (χ0v) is 16.5. The predicted octanol–water partition coefficient (Wildman–Crippen LogP) is 1.58. The third kappa shape index (κ3) is 6.30. The molecular formula is C18H21F4N5O4. The molecule has 3 N–H and O–H groups in total. The van der Waals surface area contributed by atoms with Gasteiger partial charge < -0.3 is 25.7 Å². The van der Waals surface area contributed by atoms with E-state index in [2.05, 4.69) is 10.6 Å². The number of alkyl halides is 2. The second-order valence-electron chi connectivity index (χ2n) is 6.55. The number of amides is 3. The Labute approximate surface area is 174 Å². The van der Waals surface area contributed by atoms with Crippen LogP contribution in [0.1, 0.15) is 6.92 Å². The Morgan fingerprint density at radius 3 is 2.55 bits per heavy atom. The quantitative estimate of drug-likeness (QED) is 0.372. The summed E-state index contributed by atoms with van der Waals surface area (Å²) in [5.74, 6) is -3.92. The van der Waals surface area contributed by atoms with Crippen LogP contribution >= 0.6 is 0 Å². The first-order chi connectivity index (χ1) is 14.6. The van der Waals surface area contributed by atoms with Gasteiger partial charge in [0.25, 0.3) is 5.91 Å². The second kappa shape index (κ2) is 10.6. The Hall–Kier alpha value is -3.38. The first-order valence-electron chi connectivity index (χ1n) is 9.15. The van der Waals surface area contributed by atoms with Crippen molar-refractivity contribution in [2.24, 2.45) is 0 Å². The van der Waals surface area contributed by atoms with Crippen molar-refractivity contribution < 1.29 is 36.7 Å². The summed E-state index contributed by atoms with van der Waals surface area (Å²) in [4.78, 5) is 36.0. The van der Waals surface area contributed by atoms with Crippen LogP contribution in [0.15, 0.2) is 12.1 Å². The van der Waals surface area contributed by atoms with E-state index in [1.807, 2.05) is 0 Å². The fraction of sp³-hybridized carbons (Fsp3) is 0.444. The van der Waals surface area contributed by atoms with E-state index < -0.39 is 41.9 Å². The standard InChI is InChI=1S/C18H21F4N5O4/c1-10(28)25-8-12-9-27(18(30)31-12)11-6-13(19)15(14(20)7-11)24-3-5-26(4-2-23)17(29)16(21)22/h2,6-7,12,16,23-24H,3-5,8-9H2,1H3,(H,25,28)/t12-/m0/s1. The number of nitrogens with one attached hydrogen (secondary N) is 3. The Balaban J connectivity index is 2.03. The highest BCUT2D eigenvalue weighted by molar-refractivity contribution is 5.90. The van der Waals surface area contributed by atoms with E-state index in [1.54, 1.807) is 0 Å². The molecule has 31 heavy (non-hydrogen) atoms. The molecule has 1 atom stereocenters. The smallest absolute Gasteiger partial charge is 0.414 e. The minimum atomic E-state index is -3.26. The maximum absolute atomic E-state index is 14.4. The summed E-state index contributed by atoms with van der Waals surface area (Å²) in [5, 5.41) is 11.8. The van der Waals surface area contributed by atoms with Gasteiger partial charge in [0.2, 0.25) is 5.91 Å². The normalized spacial score (nSPS) is 15.6. The summed E-state index contributed by atoms with van der Waals surface area (Å²) in [6.07, 6.45) is -4.03. The topological polar surface area (TPSA) is 115 Å². The fourth-order valence-corrected chi connectivity index (χ4v) is 2.84. The third-order valence-corrected chi connectivity index (χ3v) is 4.28. The third-order valence-electron chi connectivity index (χ3n) is 4.28. The lowest BCUT2D eigenvalue weighted by molar-refractivity contribution is -0.141. The fourth-order valence-electron chi connectivity index (χ4n) is 2.84. The van der Waals surface area contributed by atoms with Crippen LogP contribution in [0.5, 0.6) is 0 Å². The molecule has 1 saturated heterocycles. The summed E-state index contributed by atoms with van der Waals surface area (Å²) >= 11 is 0. The molecule has 0 aliphatic carbocycles. The maximum atomic E-state index is 14.4. The predicted molar refractivity (Wildman–Crippen MR) is 103 cm³/mol. The number of hydrogen-bond acceptors (Lipinski definition) is 6. The Morgan fingerprint density at radius 1 is 1.35 bits per heavy atom. The van der Waals surface area contributed by atoms with Gasteiger partial charge in [-0.05, 0) is 0 Å². The van der Waals surface area contributed by atoms with Crippen molar-refractivity contribution in [1.82, 2.24) is 10.2 Å². The number of benzene rings is 1. The molecule has 1 heterocycles. The molecule has 170 valence electrons. The van der Waals surface area contributed by atoms with E-state index >= 15 is 0 Å². The van der Waals surface area contributed by atoms with Crippen LogP contribution in [0.3, 0.4) is 0 Å². The monoisotopic (exact) mass is 447 g/mol. The lowest BCUT2D eigenvalue weighted by atomic mass is 10.2. The summed E-state index contributed by atoms with van der Waals surface area (Å²) in [5.41, 5.74) is -0.667. The average molecular weight is 447 g/mol. The summed E-state index contributed by atoms with van der Waals surface area (Å²) < 4.78 is 59.0. The molecule has 0 aromatic heterocycles. The van der Waals surface area contributed by atoms with Crippen LogP contribution in [0.4, 0.5) is 33.7 Å². The lowest BCUT2D eigenvalue weighted by Crippen LogP contribution is -2.40. The van der Waals surface area contributed by atoms with Gasteiger partial charge in [-0.2, -0.15) is 8.78 Å². The molecule has 13 heteroatoms. The Morgan fingerprint density at radius 2 is 2.00 bits per heavy atom. The van der Waals surface area contributed by atoms with Crippen LogP contribution in [-0.2, 0) is 14.3 Å². The highest BCUT2D eigenvalue weighted by atomic mass is 19.3. The van der Waals surface area contributed by atoms with Gasteiger partial charge in [-0.15, -0.1) is 0 Å². The highest BCUT2D eigenvalue weighted by Gasteiger charge is 2.33. The Kier molecular flexibility index (Phi) is 8.16. The van der Waals surface area contributed by atoms with Gasteiger partial charge in [-0.25, -0.2) is 13.6 Å². The van der Waals surface area contributed by atoms with Gasteiger partial charge in [0.15, 0.2) is 11.6 Å². The highest BCUT2D eigenvalue weighted by Crippen LogP contribution is 2.28. The molecule has 1 aromatic rings. The first-order valence-corrected chi connectivity index (χ1v) is 9.15. The zero-order valence-electron chi connectivity index (χ0n) is 16.5. The van der Waals surface area contributed by atoms with E-state index in [4.69, 9.17) is 10.1 Å². The van der Waals surface area contributed by atoms with E-state index in [0.29, 0.717) is 4.90 Å². The minimum absolute atomic E-state index is 0.0287. The molecule has 0 bridgehead atoms. The molecule has 1 aromatic carbocycles. The van der Waals surface area contributed by atoms with Gasteiger partial charge in [0.1, 0.15) is 11.8 Å². The summed E-state index contributed by atoms with van der Waals surface area (Å²) in [6.45, 7) is 0.363. The molecule has 1 aliphatic rings. The maximum Gasteiger partial charge on any atom is 0.414 e. The largest absolute Gasteiger partial charge is 0.442 e. The molecular weight excluding hydrogens is 426 g/mol. The summed E-state index contributed by atoms with van der Waals surface area (Å²) in [6, 6.07) is 1.79. The summed E-state index contributed by atoms with van der Waals surface area (Å²) in [7, 11) is 0.